The van der Waals surface area contributed by atoms with E-state index in [2.05, 4.69) is 5.10 Å². The smallest absolute Gasteiger partial charge is 0.383 e. The number of aliphatic hydroxyl groups is 1. The van der Waals surface area contributed by atoms with E-state index in [-0.39, 0.29) is 22.0 Å². The molecule has 2 amide bonds. The number of amides is 2. The Morgan fingerprint density at radius 1 is 1.13 bits per heavy atom. The van der Waals surface area contributed by atoms with Gasteiger partial charge in [0.2, 0.25) is 0 Å². The van der Waals surface area contributed by atoms with Gasteiger partial charge in [-0.25, -0.2) is 17.9 Å². The first-order chi connectivity index (χ1) is 17.8. The highest BCUT2D eigenvalue weighted by atomic mass is 35.5. The fourth-order valence-electron chi connectivity index (χ4n) is 3.42. The van der Waals surface area contributed by atoms with E-state index in [1.54, 1.807) is 0 Å². The molecule has 1 atom stereocenters. The number of carbonyl (C=O) groups is 2. The quantitative estimate of drug-likeness (QED) is 0.345. The molecule has 1 unspecified atom stereocenters. The zero-order valence-electron chi connectivity index (χ0n) is 19.3. The summed E-state index contributed by atoms with van der Waals surface area (Å²) in [6, 6.07) is 7.87. The van der Waals surface area contributed by atoms with Crippen molar-refractivity contribution in [2.45, 2.75) is 11.8 Å². The summed E-state index contributed by atoms with van der Waals surface area (Å²) in [4.78, 5) is 25.6. The van der Waals surface area contributed by atoms with Crippen molar-refractivity contribution < 1.29 is 41.0 Å². The minimum absolute atomic E-state index is 0.241. The van der Waals surface area contributed by atoms with Gasteiger partial charge in [0.05, 0.1) is 35.6 Å². The first kappa shape index (κ1) is 28.8. The van der Waals surface area contributed by atoms with Crippen LogP contribution in [-0.2, 0) is 0 Å². The van der Waals surface area contributed by atoms with Gasteiger partial charge in [0.1, 0.15) is 29.7 Å². The van der Waals surface area contributed by atoms with E-state index in [0.717, 1.165) is 41.2 Å². The largest absolute Gasteiger partial charge is 0.420 e. The van der Waals surface area contributed by atoms with Gasteiger partial charge in [-0.1, -0.05) is 17.7 Å². The van der Waals surface area contributed by atoms with Crippen LogP contribution in [-0.4, -0.2) is 69.7 Å². The van der Waals surface area contributed by atoms with Crippen molar-refractivity contribution in [2.24, 2.45) is 0 Å². The average Bonchev–Trinajstić information content (AvgIpc) is 3.23. The van der Waals surface area contributed by atoms with Crippen LogP contribution in [0.1, 0.15) is 20.7 Å². The number of carbonyl (C=O) groups excluding carboxylic acids is 2. The lowest BCUT2D eigenvalue weighted by molar-refractivity contribution is -0.260. The second-order valence-electron chi connectivity index (χ2n) is 8.06. The number of nitrogen functional groups attached to an aromatic ring is 1. The molecule has 4 N–H and O–H groups in total. The minimum atomic E-state index is -5.43. The molecule has 0 saturated heterocycles. The molecule has 0 radical (unpaired) electrons. The molecule has 3 aromatic rings. The van der Waals surface area contributed by atoms with E-state index in [1.807, 2.05) is 5.32 Å². The number of benzene rings is 2. The van der Waals surface area contributed by atoms with E-state index in [1.165, 1.54) is 12.1 Å². The monoisotopic (exact) mass is 563 g/mol. The third-order valence-corrected chi connectivity index (χ3v) is 5.78. The highest BCUT2D eigenvalue weighted by Crippen LogP contribution is 2.32. The minimum Gasteiger partial charge on any atom is -0.383 e. The molecule has 1 heterocycles. The number of anilines is 1. The van der Waals surface area contributed by atoms with E-state index >= 15 is 0 Å². The fraction of sp³-hybridized carbons (Fsp3) is 0.261. The average molecular weight is 564 g/mol. The summed E-state index contributed by atoms with van der Waals surface area (Å²) in [7, 11) is 0. The Balaban J connectivity index is 1.83. The van der Waals surface area contributed by atoms with Gasteiger partial charge in [0, 0.05) is 6.54 Å². The molecule has 0 aliphatic heterocycles. The molecule has 38 heavy (non-hydrogen) atoms. The zero-order valence-corrected chi connectivity index (χ0v) is 20.0. The number of halogens is 7. The Morgan fingerprint density at radius 3 is 2.37 bits per heavy atom. The number of nitrogens with two attached hydrogens (primary N) is 1. The summed E-state index contributed by atoms with van der Waals surface area (Å²) < 4.78 is 83.3. The standard InChI is InChI=1S/C23H20ClF6N5O3/c24-16-2-1-3-17(27)18(16)21(37)34(9-8-25)12-22(38,23(28,29)30)11-32-20(36)15-10-33-35(19(15)31)14-6-4-13(26)5-7-14/h1-7,10,38H,8-9,11-12,31H2,(H,32,36). The number of rotatable bonds is 9. The van der Waals surface area contributed by atoms with Crippen LogP contribution >= 0.6 is 11.6 Å². The van der Waals surface area contributed by atoms with Crippen LogP contribution in [0.15, 0.2) is 48.7 Å². The zero-order chi connectivity index (χ0) is 28.3. The fourth-order valence-corrected chi connectivity index (χ4v) is 3.66. The number of aromatic nitrogens is 2. The summed E-state index contributed by atoms with van der Waals surface area (Å²) in [6.07, 6.45) is -4.49. The molecule has 0 aliphatic carbocycles. The van der Waals surface area contributed by atoms with Gasteiger partial charge in [-0.05, 0) is 36.4 Å². The molecule has 15 heteroatoms. The highest BCUT2D eigenvalue weighted by Gasteiger charge is 2.55. The Bertz CT molecular complexity index is 1300. The van der Waals surface area contributed by atoms with Gasteiger partial charge >= 0.3 is 6.18 Å². The van der Waals surface area contributed by atoms with Crippen molar-refractivity contribution in [3.05, 3.63) is 76.4 Å². The molecule has 0 aliphatic rings. The van der Waals surface area contributed by atoms with Gasteiger partial charge < -0.3 is 21.1 Å². The first-order valence-electron chi connectivity index (χ1n) is 10.7. The van der Waals surface area contributed by atoms with Gasteiger partial charge in [0.25, 0.3) is 11.8 Å². The maximum absolute atomic E-state index is 14.2. The van der Waals surface area contributed by atoms with Crippen LogP contribution in [0.5, 0.6) is 0 Å². The van der Waals surface area contributed by atoms with Gasteiger partial charge in [-0.3, -0.25) is 9.59 Å². The molecule has 0 spiro atoms. The van der Waals surface area contributed by atoms with Crippen molar-refractivity contribution in [1.29, 1.82) is 0 Å². The first-order valence-corrected chi connectivity index (χ1v) is 11.1. The molecule has 1 aromatic heterocycles. The van der Waals surface area contributed by atoms with E-state index in [9.17, 15) is 41.0 Å². The Kier molecular flexibility index (Phi) is 8.57. The Labute approximate surface area is 216 Å². The lowest BCUT2D eigenvalue weighted by atomic mass is 10.0. The third kappa shape index (κ3) is 6.02. The molecular weight excluding hydrogens is 544 g/mol. The molecular formula is C23H20ClF6N5O3. The van der Waals surface area contributed by atoms with Crippen molar-refractivity contribution in [2.75, 3.05) is 32.0 Å². The number of nitrogens with one attached hydrogen (secondary N) is 1. The molecule has 0 saturated carbocycles. The highest BCUT2D eigenvalue weighted by molar-refractivity contribution is 6.33. The van der Waals surface area contributed by atoms with Crippen LogP contribution < -0.4 is 11.1 Å². The number of alkyl halides is 4. The molecule has 0 bridgehead atoms. The second kappa shape index (κ2) is 11.3. The summed E-state index contributed by atoms with van der Waals surface area (Å²) in [6.45, 7) is -5.31. The number of nitrogens with zero attached hydrogens (tertiary/aromatic N) is 3. The maximum atomic E-state index is 14.2. The van der Waals surface area contributed by atoms with Crippen LogP contribution in [0.3, 0.4) is 0 Å². The molecule has 2 aromatic carbocycles. The summed E-state index contributed by atoms with van der Waals surface area (Å²) in [5.74, 6) is -4.58. The summed E-state index contributed by atoms with van der Waals surface area (Å²) >= 11 is 5.81. The summed E-state index contributed by atoms with van der Waals surface area (Å²) in [5.41, 5.74) is 1.16. The van der Waals surface area contributed by atoms with Crippen molar-refractivity contribution >= 4 is 29.2 Å². The van der Waals surface area contributed by atoms with E-state index in [0.29, 0.717) is 0 Å². The van der Waals surface area contributed by atoms with Crippen LogP contribution in [0.4, 0.5) is 32.2 Å². The van der Waals surface area contributed by atoms with Gasteiger partial charge in [-0.15, -0.1) is 0 Å². The molecule has 3 rings (SSSR count). The SMILES string of the molecule is Nc1c(C(=O)NCC(O)(CN(CCF)C(=O)c2c(F)cccc2Cl)C(F)(F)F)cnn1-c1ccc(F)cc1. The molecule has 0 fully saturated rings. The predicted octanol–water partition coefficient (Wildman–Crippen LogP) is 3.52. The topological polar surface area (TPSA) is 113 Å². The van der Waals surface area contributed by atoms with E-state index < -0.39 is 72.1 Å². The maximum Gasteiger partial charge on any atom is 0.420 e. The van der Waals surface area contributed by atoms with Crippen LogP contribution in [0.25, 0.3) is 5.69 Å². The van der Waals surface area contributed by atoms with E-state index in [4.69, 9.17) is 17.3 Å². The number of hydrogen-bond donors (Lipinski definition) is 3. The van der Waals surface area contributed by atoms with Crippen LogP contribution in [0.2, 0.25) is 5.02 Å². The lowest BCUT2D eigenvalue weighted by Crippen LogP contribution is -2.60. The second-order valence-corrected chi connectivity index (χ2v) is 8.46. The molecule has 8 nitrogen and oxygen atoms in total. The Hall–Kier alpha value is -3.78. The van der Waals surface area contributed by atoms with Crippen LogP contribution in [0, 0.1) is 11.6 Å². The van der Waals surface area contributed by atoms with Gasteiger partial charge in [-0.2, -0.15) is 18.3 Å². The van der Waals surface area contributed by atoms with Crippen molar-refractivity contribution in [3.8, 4) is 5.69 Å². The number of hydrogen-bond acceptors (Lipinski definition) is 5. The third-order valence-electron chi connectivity index (χ3n) is 5.46. The normalized spacial score (nSPS) is 13.2. The van der Waals surface area contributed by atoms with Crippen molar-refractivity contribution in [1.82, 2.24) is 20.0 Å². The summed E-state index contributed by atoms with van der Waals surface area (Å²) in [5, 5.41) is 15.8. The van der Waals surface area contributed by atoms with Gasteiger partial charge in [0.15, 0.2) is 5.60 Å². The predicted molar refractivity (Wildman–Crippen MR) is 125 cm³/mol. The lowest BCUT2D eigenvalue weighted by Gasteiger charge is -2.35. The van der Waals surface area contributed by atoms with Crippen molar-refractivity contribution in [3.63, 3.8) is 0 Å². The Morgan fingerprint density at radius 2 is 1.79 bits per heavy atom. The molecule has 204 valence electrons.